The number of rotatable bonds is 6. The van der Waals surface area contributed by atoms with Gasteiger partial charge in [-0.3, -0.25) is 20.2 Å². The van der Waals surface area contributed by atoms with E-state index in [4.69, 9.17) is 5.26 Å². The Morgan fingerprint density at radius 3 is 1.58 bits per heavy atom. The van der Waals surface area contributed by atoms with Gasteiger partial charge in [0.1, 0.15) is 4.38 Å². The first-order valence-corrected chi connectivity index (χ1v) is 9.15. The monoisotopic (exact) mass is 388 g/mol. The second-order valence-corrected chi connectivity index (χ2v) is 7.09. The molecule has 26 heavy (non-hydrogen) atoms. The number of benzene rings is 2. The molecule has 0 bridgehead atoms. The quantitative estimate of drug-likeness (QED) is 0.234. The number of nitriles is 1. The molecular weight excluding hydrogens is 376 g/mol. The molecule has 0 atom stereocenters. The minimum atomic E-state index is -0.459. The normalized spacial score (nSPS) is 9.96. The predicted molar refractivity (Wildman–Crippen MR) is 102 cm³/mol. The van der Waals surface area contributed by atoms with Crippen LogP contribution in [0.25, 0.3) is 0 Å². The lowest BCUT2D eigenvalue weighted by molar-refractivity contribution is -0.385. The minimum Gasteiger partial charge on any atom is -0.258 e. The van der Waals surface area contributed by atoms with E-state index in [0.717, 1.165) is 11.1 Å². The molecular formula is C16H12N4O4S2. The summed E-state index contributed by atoms with van der Waals surface area (Å²) in [7, 11) is 0. The Morgan fingerprint density at radius 2 is 1.27 bits per heavy atom. The Hall–Kier alpha value is -2.90. The molecule has 0 aromatic heterocycles. The van der Waals surface area contributed by atoms with Crippen molar-refractivity contribution in [3.63, 3.8) is 0 Å². The standard InChI is InChI=1S/C16H12N4O4S2/c17-11-18-16(25-9-12-1-5-14(6-2-12)19(21)22)26-10-13-3-7-15(8-4-13)20(23)24/h1-8H,9-10H2. The summed E-state index contributed by atoms with van der Waals surface area (Å²) < 4.78 is 0.559. The van der Waals surface area contributed by atoms with E-state index in [1.165, 1.54) is 47.8 Å². The van der Waals surface area contributed by atoms with Gasteiger partial charge in [-0.05, 0) is 11.1 Å². The van der Waals surface area contributed by atoms with E-state index in [1.807, 2.05) is 0 Å². The average molecular weight is 388 g/mol. The summed E-state index contributed by atoms with van der Waals surface area (Å²) >= 11 is 2.71. The van der Waals surface area contributed by atoms with Gasteiger partial charge < -0.3 is 0 Å². The molecule has 0 heterocycles. The molecule has 0 aliphatic heterocycles. The number of thioether (sulfide) groups is 2. The van der Waals surface area contributed by atoms with Crippen LogP contribution in [0.3, 0.4) is 0 Å². The lowest BCUT2D eigenvalue weighted by Crippen LogP contribution is -1.92. The number of hydrogen-bond donors (Lipinski definition) is 0. The summed E-state index contributed by atoms with van der Waals surface area (Å²) in [6.07, 6.45) is 1.76. The Bertz CT molecular complexity index is 798. The zero-order valence-electron chi connectivity index (χ0n) is 13.3. The fourth-order valence-electron chi connectivity index (χ4n) is 1.86. The van der Waals surface area contributed by atoms with E-state index < -0.39 is 9.85 Å². The van der Waals surface area contributed by atoms with E-state index in [0.29, 0.717) is 15.9 Å². The van der Waals surface area contributed by atoms with Crippen molar-refractivity contribution >= 4 is 39.3 Å². The van der Waals surface area contributed by atoms with E-state index >= 15 is 0 Å². The first-order valence-electron chi connectivity index (χ1n) is 7.18. The number of nitro benzene ring substituents is 2. The largest absolute Gasteiger partial charge is 0.269 e. The molecule has 2 aromatic rings. The van der Waals surface area contributed by atoms with Crippen LogP contribution in [-0.4, -0.2) is 14.2 Å². The number of hydrogen-bond acceptors (Lipinski definition) is 8. The van der Waals surface area contributed by atoms with E-state index in [2.05, 4.69) is 4.99 Å². The zero-order chi connectivity index (χ0) is 18.9. The maximum absolute atomic E-state index is 10.6. The molecule has 132 valence electrons. The third-order valence-electron chi connectivity index (χ3n) is 3.16. The zero-order valence-corrected chi connectivity index (χ0v) is 14.9. The minimum absolute atomic E-state index is 0.0252. The first kappa shape index (κ1) is 19.4. The van der Waals surface area contributed by atoms with Crippen LogP contribution < -0.4 is 0 Å². The highest BCUT2D eigenvalue weighted by molar-refractivity contribution is 8.38. The van der Waals surface area contributed by atoms with E-state index in [1.54, 1.807) is 30.5 Å². The van der Waals surface area contributed by atoms with Crippen molar-refractivity contribution in [3.05, 3.63) is 79.9 Å². The van der Waals surface area contributed by atoms with Crippen LogP contribution in [0.2, 0.25) is 0 Å². The molecule has 0 fully saturated rings. The van der Waals surface area contributed by atoms with E-state index in [-0.39, 0.29) is 11.4 Å². The van der Waals surface area contributed by atoms with Gasteiger partial charge in [0.2, 0.25) is 6.19 Å². The van der Waals surface area contributed by atoms with Crippen molar-refractivity contribution in [1.82, 2.24) is 0 Å². The number of aliphatic imine (C=N–C) groups is 1. The molecule has 0 saturated carbocycles. The highest BCUT2D eigenvalue weighted by Crippen LogP contribution is 2.26. The lowest BCUT2D eigenvalue weighted by Gasteiger charge is -2.05. The molecule has 0 spiro atoms. The molecule has 0 saturated heterocycles. The summed E-state index contributed by atoms with van der Waals surface area (Å²) in [5, 5.41) is 30.1. The van der Waals surface area contributed by atoms with Crippen LogP contribution in [0.1, 0.15) is 11.1 Å². The van der Waals surface area contributed by atoms with Crippen LogP contribution >= 0.6 is 23.5 Å². The van der Waals surface area contributed by atoms with Gasteiger partial charge in [-0.1, -0.05) is 47.8 Å². The smallest absolute Gasteiger partial charge is 0.258 e. The summed E-state index contributed by atoms with van der Waals surface area (Å²) in [4.78, 5) is 24.2. The van der Waals surface area contributed by atoms with Crippen LogP contribution in [0.5, 0.6) is 0 Å². The average Bonchev–Trinajstić information content (AvgIpc) is 2.64. The van der Waals surface area contributed by atoms with Crippen LogP contribution in [0.15, 0.2) is 53.5 Å². The highest BCUT2D eigenvalue weighted by atomic mass is 32.2. The second-order valence-electron chi connectivity index (χ2n) is 4.90. The van der Waals surface area contributed by atoms with Crippen molar-refractivity contribution in [3.8, 4) is 6.19 Å². The van der Waals surface area contributed by atoms with Gasteiger partial charge in [0.05, 0.1) is 9.85 Å². The first-order chi connectivity index (χ1) is 12.5. The summed E-state index contributed by atoms with van der Waals surface area (Å²) in [6.45, 7) is 0. The molecule has 0 aliphatic rings. The Kier molecular flexibility index (Phi) is 7.13. The molecule has 0 unspecified atom stereocenters. The lowest BCUT2D eigenvalue weighted by atomic mass is 10.2. The van der Waals surface area contributed by atoms with E-state index in [9.17, 15) is 20.2 Å². The van der Waals surface area contributed by atoms with Gasteiger partial charge in [-0.15, -0.1) is 0 Å². The Balaban J connectivity index is 1.92. The second kappa shape index (κ2) is 9.55. The van der Waals surface area contributed by atoms with Gasteiger partial charge in [-0.25, -0.2) is 0 Å². The molecule has 0 N–H and O–H groups in total. The molecule has 2 rings (SSSR count). The maximum atomic E-state index is 10.6. The topological polar surface area (TPSA) is 122 Å². The summed E-state index contributed by atoms with van der Waals surface area (Å²) in [6, 6.07) is 12.4. The molecule has 2 aromatic carbocycles. The number of non-ortho nitro benzene ring substituents is 2. The predicted octanol–water partition coefficient (Wildman–Crippen LogP) is 4.51. The van der Waals surface area contributed by atoms with Crippen molar-refractivity contribution in [1.29, 1.82) is 5.26 Å². The molecule has 0 amide bonds. The van der Waals surface area contributed by atoms with Crippen LogP contribution in [-0.2, 0) is 11.5 Å². The third-order valence-corrected chi connectivity index (χ3v) is 5.50. The van der Waals surface area contributed by atoms with Crippen molar-refractivity contribution < 1.29 is 9.85 Å². The highest BCUT2D eigenvalue weighted by Gasteiger charge is 2.08. The Labute approximate surface area is 157 Å². The summed E-state index contributed by atoms with van der Waals surface area (Å²) in [5.74, 6) is 1.04. The van der Waals surface area contributed by atoms with Gasteiger partial charge in [0.15, 0.2) is 0 Å². The van der Waals surface area contributed by atoms with Crippen molar-refractivity contribution in [2.45, 2.75) is 11.5 Å². The fraction of sp³-hybridized carbons (Fsp3) is 0.125. The van der Waals surface area contributed by atoms with Crippen LogP contribution in [0, 0.1) is 31.7 Å². The molecule has 10 heteroatoms. The molecule has 0 radical (unpaired) electrons. The van der Waals surface area contributed by atoms with Crippen molar-refractivity contribution in [2.75, 3.05) is 0 Å². The van der Waals surface area contributed by atoms with Gasteiger partial charge in [0, 0.05) is 35.8 Å². The number of nitrogens with zero attached hydrogens (tertiary/aromatic N) is 4. The number of nitro groups is 2. The third kappa shape index (κ3) is 5.87. The SMILES string of the molecule is N#CN=C(SCc1ccc([N+](=O)[O-])cc1)SCc1ccc([N+](=O)[O-])cc1. The Morgan fingerprint density at radius 1 is 0.885 bits per heavy atom. The van der Waals surface area contributed by atoms with Crippen LogP contribution in [0.4, 0.5) is 11.4 Å². The van der Waals surface area contributed by atoms with Gasteiger partial charge >= 0.3 is 0 Å². The molecule has 0 aliphatic carbocycles. The maximum Gasteiger partial charge on any atom is 0.269 e. The van der Waals surface area contributed by atoms with Gasteiger partial charge in [0.25, 0.3) is 11.4 Å². The fourth-order valence-corrected chi connectivity index (χ4v) is 3.73. The van der Waals surface area contributed by atoms with Crippen molar-refractivity contribution in [2.24, 2.45) is 4.99 Å². The molecule has 8 nitrogen and oxygen atoms in total. The van der Waals surface area contributed by atoms with Gasteiger partial charge in [-0.2, -0.15) is 10.3 Å². The summed E-state index contributed by atoms with van der Waals surface area (Å²) in [5.41, 5.74) is 1.80.